The van der Waals surface area contributed by atoms with Crippen molar-refractivity contribution in [2.75, 3.05) is 11.1 Å². The van der Waals surface area contributed by atoms with E-state index in [4.69, 9.17) is 0 Å². The number of ether oxygens (including phenoxy) is 2. The molecule has 0 spiro atoms. The first-order valence-electron chi connectivity index (χ1n) is 9.72. The van der Waals surface area contributed by atoms with E-state index in [1.807, 2.05) is 24.3 Å². The van der Waals surface area contributed by atoms with Crippen LogP contribution in [0.2, 0.25) is 0 Å². The molecule has 1 aliphatic rings. The van der Waals surface area contributed by atoms with Crippen molar-refractivity contribution in [3.05, 3.63) is 72.5 Å². The minimum Gasteiger partial charge on any atom is -0.395 e. The van der Waals surface area contributed by atoms with Gasteiger partial charge in [-0.05, 0) is 36.4 Å². The summed E-state index contributed by atoms with van der Waals surface area (Å²) in [5, 5.41) is 13.4. The Morgan fingerprint density at radius 2 is 1.67 bits per heavy atom. The summed E-state index contributed by atoms with van der Waals surface area (Å²) in [5.74, 6) is -0.947. The number of hydrogen-bond donors (Lipinski definition) is 1. The molecule has 0 fully saturated rings. The molecule has 0 saturated carbocycles. The fourth-order valence-electron chi connectivity index (χ4n) is 3.36. The van der Waals surface area contributed by atoms with Gasteiger partial charge in [-0.25, -0.2) is 4.39 Å². The van der Waals surface area contributed by atoms with E-state index in [1.165, 1.54) is 42.1 Å². The highest BCUT2D eigenvalue weighted by Gasteiger charge is 2.43. The van der Waals surface area contributed by atoms with E-state index < -0.39 is 6.29 Å². The summed E-state index contributed by atoms with van der Waals surface area (Å²) in [6.45, 7) is 0. The van der Waals surface area contributed by atoms with Gasteiger partial charge in [0.25, 0.3) is 0 Å². The Morgan fingerprint density at radius 1 is 0.939 bits per heavy atom. The molecule has 166 valence electrons. The SMILES string of the molecule is O=C(CSc1nnc(-c2ccc(F)cc2)c2ccccc12)Nc1ccc2c(c1)OC(F)(F)O2. The zero-order chi connectivity index (χ0) is 23.0. The van der Waals surface area contributed by atoms with Gasteiger partial charge < -0.3 is 14.8 Å². The maximum absolute atomic E-state index is 13.3. The van der Waals surface area contributed by atoms with Gasteiger partial charge in [0.05, 0.1) is 5.75 Å². The zero-order valence-electron chi connectivity index (χ0n) is 16.7. The van der Waals surface area contributed by atoms with Crippen LogP contribution in [0.25, 0.3) is 22.0 Å². The van der Waals surface area contributed by atoms with Gasteiger partial charge in [-0.15, -0.1) is 19.0 Å². The molecule has 0 radical (unpaired) electrons. The normalized spacial score (nSPS) is 13.8. The lowest BCUT2D eigenvalue weighted by Gasteiger charge is -2.10. The van der Waals surface area contributed by atoms with Crippen LogP contribution < -0.4 is 14.8 Å². The molecular weight excluding hydrogens is 455 g/mol. The standard InChI is InChI=1S/C23H14F3N3O3S/c24-14-7-5-13(6-8-14)21-16-3-1-2-4-17(16)22(29-28-21)33-12-20(30)27-15-9-10-18-19(11-15)32-23(25,26)31-18/h1-11H,12H2,(H,27,30). The molecule has 0 unspecified atom stereocenters. The quantitative estimate of drug-likeness (QED) is 0.390. The van der Waals surface area contributed by atoms with E-state index in [-0.39, 0.29) is 29.0 Å². The molecule has 4 aromatic rings. The van der Waals surface area contributed by atoms with Crippen molar-refractivity contribution in [2.24, 2.45) is 0 Å². The van der Waals surface area contributed by atoms with Gasteiger partial charge in [-0.1, -0.05) is 36.0 Å². The van der Waals surface area contributed by atoms with Gasteiger partial charge in [0, 0.05) is 28.1 Å². The molecule has 1 amide bonds. The van der Waals surface area contributed by atoms with Crippen molar-refractivity contribution in [3.8, 4) is 22.8 Å². The van der Waals surface area contributed by atoms with Crippen molar-refractivity contribution in [2.45, 2.75) is 11.3 Å². The zero-order valence-corrected chi connectivity index (χ0v) is 17.5. The van der Waals surface area contributed by atoms with E-state index in [9.17, 15) is 18.0 Å². The second kappa shape index (κ2) is 8.28. The van der Waals surface area contributed by atoms with Crippen molar-refractivity contribution >= 4 is 34.1 Å². The molecule has 0 aliphatic carbocycles. The third-order valence-electron chi connectivity index (χ3n) is 4.80. The minimum absolute atomic E-state index is 0.0131. The summed E-state index contributed by atoms with van der Waals surface area (Å²) in [5.41, 5.74) is 1.63. The van der Waals surface area contributed by atoms with Gasteiger partial charge in [-0.2, -0.15) is 0 Å². The number of anilines is 1. The molecule has 0 saturated heterocycles. The predicted octanol–water partition coefficient (Wildman–Crippen LogP) is 5.49. The summed E-state index contributed by atoms with van der Waals surface area (Å²) < 4.78 is 48.3. The van der Waals surface area contributed by atoms with Gasteiger partial charge >= 0.3 is 6.29 Å². The molecule has 5 rings (SSSR count). The fraction of sp³-hybridized carbons (Fsp3) is 0.0870. The third-order valence-corrected chi connectivity index (χ3v) is 5.78. The number of hydrogen-bond acceptors (Lipinski definition) is 6. The lowest BCUT2D eigenvalue weighted by molar-refractivity contribution is -0.286. The summed E-state index contributed by atoms with van der Waals surface area (Å²) >= 11 is 1.19. The molecule has 1 aromatic heterocycles. The number of halogens is 3. The van der Waals surface area contributed by atoms with Crippen LogP contribution in [-0.4, -0.2) is 28.2 Å². The topological polar surface area (TPSA) is 73.3 Å². The van der Waals surface area contributed by atoms with E-state index in [1.54, 1.807) is 12.1 Å². The molecule has 2 heterocycles. The summed E-state index contributed by atoms with van der Waals surface area (Å²) in [6, 6.07) is 17.5. The van der Waals surface area contributed by atoms with Crippen LogP contribution in [0.1, 0.15) is 0 Å². The smallest absolute Gasteiger partial charge is 0.395 e. The number of amides is 1. The Morgan fingerprint density at radius 3 is 2.45 bits per heavy atom. The second-order valence-corrected chi connectivity index (χ2v) is 8.04. The molecule has 10 heteroatoms. The van der Waals surface area contributed by atoms with Crippen molar-refractivity contribution in [1.82, 2.24) is 10.2 Å². The van der Waals surface area contributed by atoms with Crippen LogP contribution >= 0.6 is 11.8 Å². The Kier molecular flexibility index (Phi) is 5.29. The first-order valence-corrected chi connectivity index (χ1v) is 10.7. The highest BCUT2D eigenvalue weighted by molar-refractivity contribution is 8.00. The number of thioether (sulfide) groups is 1. The maximum Gasteiger partial charge on any atom is 0.586 e. The van der Waals surface area contributed by atoms with Gasteiger partial charge in [-0.3, -0.25) is 4.79 Å². The maximum atomic E-state index is 13.3. The lowest BCUT2D eigenvalue weighted by Crippen LogP contribution is -2.25. The van der Waals surface area contributed by atoms with Gasteiger partial charge in [0.1, 0.15) is 16.5 Å². The molecule has 0 atom stereocenters. The van der Waals surface area contributed by atoms with Gasteiger partial charge in [0.2, 0.25) is 5.91 Å². The highest BCUT2D eigenvalue weighted by Crippen LogP contribution is 2.42. The van der Waals surface area contributed by atoms with Crippen LogP contribution in [0, 0.1) is 5.82 Å². The van der Waals surface area contributed by atoms with Gasteiger partial charge in [0.15, 0.2) is 11.5 Å². The van der Waals surface area contributed by atoms with Crippen LogP contribution in [0.15, 0.2) is 71.8 Å². The van der Waals surface area contributed by atoms with E-state index in [0.29, 0.717) is 16.4 Å². The van der Waals surface area contributed by atoms with Crippen LogP contribution in [0.5, 0.6) is 11.5 Å². The number of aromatic nitrogens is 2. The van der Waals surface area contributed by atoms with Crippen LogP contribution in [-0.2, 0) is 4.79 Å². The van der Waals surface area contributed by atoms with E-state index >= 15 is 0 Å². The molecule has 3 aromatic carbocycles. The number of nitrogens with zero attached hydrogens (tertiary/aromatic N) is 2. The molecule has 1 aliphatic heterocycles. The first-order chi connectivity index (χ1) is 15.9. The van der Waals surface area contributed by atoms with Crippen LogP contribution in [0.3, 0.4) is 0 Å². The number of carbonyl (C=O) groups excluding carboxylic acids is 1. The number of fused-ring (bicyclic) bond motifs is 2. The monoisotopic (exact) mass is 469 g/mol. The first kappa shape index (κ1) is 21.1. The van der Waals surface area contributed by atoms with E-state index in [0.717, 1.165) is 16.3 Å². The average molecular weight is 469 g/mol. The van der Waals surface area contributed by atoms with Crippen molar-refractivity contribution in [3.63, 3.8) is 0 Å². The molecule has 1 N–H and O–H groups in total. The van der Waals surface area contributed by atoms with Crippen LogP contribution in [0.4, 0.5) is 18.9 Å². The Bertz CT molecular complexity index is 1370. The Labute approximate surface area is 189 Å². The largest absolute Gasteiger partial charge is 0.586 e. The second-order valence-electron chi connectivity index (χ2n) is 7.07. The average Bonchev–Trinajstić information content (AvgIpc) is 3.11. The summed E-state index contributed by atoms with van der Waals surface area (Å²) in [4.78, 5) is 12.4. The Balaban J connectivity index is 1.32. The summed E-state index contributed by atoms with van der Waals surface area (Å²) in [6.07, 6.45) is -3.72. The fourth-order valence-corrected chi connectivity index (χ4v) is 4.14. The Hall–Kier alpha value is -3.79. The van der Waals surface area contributed by atoms with Crippen molar-refractivity contribution in [1.29, 1.82) is 0 Å². The lowest BCUT2D eigenvalue weighted by atomic mass is 10.1. The third kappa shape index (κ3) is 4.42. The van der Waals surface area contributed by atoms with E-state index in [2.05, 4.69) is 25.0 Å². The number of carbonyl (C=O) groups is 1. The summed E-state index contributed by atoms with van der Waals surface area (Å²) in [7, 11) is 0. The van der Waals surface area contributed by atoms with Crippen molar-refractivity contribution < 1.29 is 27.4 Å². The molecule has 33 heavy (non-hydrogen) atoms. The molecule has 6 nitrogen and oxygen atoms in total. The molecule has 0 bridgehead atoms. The highest BCUT2D eigenvalue weighted by atomic mass is 32.2. The number of rotatable bonds is 5. The predicted molar refractivity (Wildman–Crippen MR) is 117 cm³/mol. The number of nitrogens with one attached hydrogen (secondary N) is 1. The molecular formula is C23H14F3N3O3S. The number of alkyl halides is 2. The number of benzene rings is 3. The minimum atomic E-state index is -3.72.